The third-order valence-electron chi connectivity index (χ3n) is 5.04. The maximum atomic E-state index is 12.1. The van der Waals surface area contributed by atoms with E-state index in [0.29, 0.717) is 22.5 Å². The second-order valence-electron chi connectivity index (χ2n) is 6.46. The van der Waals surface area contributed by atoms with Crippen LogP contribution in [0.4, 0.5) is 5.82 Å². The molecule has 3 aromatic rings. The van der Waals surface area contributed by atoms with Gasteiger partial charge in [-0.3, -0.25) is 0 Å². The quantitative estimate of drug-likeness (QED) is 0.667. The minimum Gasteiger partial charge on any atom is -0.462 e. The molecule has 0 spiro atoms. The van der Waals surface area contributed by atoms with E-state index >= 15 is 0 Å². The molecule has 2 heterocycles. The zero-order chi connectivity index (χ0) is 18.1. The number of ether oxygens (including phenoxy) is 1. The highest BCUT2D eigenvalue weighted by molar-refractivity contribution is 5.89. The van der Waals surface area contributed by atoms with Crippen LogP contribution in [0.1, 0.15) is 22.8 Å². The summed E-state index contributed by atoms with van der Waals surface area (Å²) in [6, 6.07) is 8.92. The molecule has 8 heteroatoms. The largest absolute Gasteiger partial charge is 0.462 e. The lowest BCUT2D eigenvalue weighted by Crippen LogP contribution is -2.43. The van der Waals surface area contributed by atoms with E-state index < -0.39 is 0 Å². The van der Waals surface area contributed by atoms with E-state index in [4.69, 9.17) is 10.5 Å². The number of rotatable bonds is 5. The van der Waals surface area contributed by atoms with Gasteiger partial charge in [0, 0.05) is 24.5 Å². The number of carbonyl (C=O) groups excluding carboxylic acids is 1. The highest BCUT2D eigenvalue weighted by atomic mass is 16.5. The van der Waals surface area contributed by atoms with E-state index in [1.807, 2.05) is 10.6 Å². The first-order valence-corrected chi connectivity index (χ1v) is 8.45. The molecule has 4 rings (SSSR count). The Morgan fingerprint density at radius 2 is 2.08 bits per heavy atom. The second-order valence-corrected chi connectivity index (χ2v) is 6.46. The second kappa shape index (κ2) is 6.72. The molecule has 0 unspecified atom stereocenters. The molecule has 0 radical (unpaired) electrons. The van der Waals surface area contributed by atoms with Gasteiger partial charge >= 0.3 is 5.97 Å². The standard InChI is InChI=1S/C18H19N5O3/c19-16-15-17(21-9-20-16)23(10-22-15)14-6-12(13(14)7-24)8-26-18(25)11-4-2-1-3-5-11/h1-5,9-10,12-14,24H,6-8H2,(H2,19,20,21)/t12-,13-,14-/m1/s1. The number of nitrogen functional groups attached to an aromatic ring is 1. The van der Waals surface area contributed by atoms with Crippen molar-refractivity contribution in [3.63, 3.8) is 0 Å². The maximum Gasteiger partial charge on any atom is 0.338 e. The molecule has 0 amide bonds. The molecular formula is C18H19N5O3. The summed E-state index contributed by atoms with van der Waals surface area (Å²) >= 11 is 0. The number of anilines is 1. The van der Waals surface area contributed by atoms with Crippen molar-refractivity contribution in [2.45, 2.75) is 12.5 Å². The number of hydrogen-bond acceptors (Lipinski definition) is 7. The molecular weight excluding hydrogens is 334 g/mol. The molecule has 134 valence electrons. The van der Waals surface area contributed by atoms with Gasteiger partial charge < -0.3 is 20.1 Å². The smallest absolute Gasteiger partial charge is 0.338 e. The molecule has 0 aliphatic heterocycles. The first kappa shape index (κ1) is 16.5. The summed E-state index contributed by atoms with van der Waals surface area (Å²) in [7, 11) is 0. The highest BCUT2D eigenvalue weighted by Gasteiger charge is 2.43. The van der Waals surface area contributed by atoms with Gasteiger partial charge in [0.15, 0.2) is 11.5 Å². The number of esters is 1. The first-order valence-electron chi connectivity index (χ1n) is 8.45. The van der Waals surface area contributed by atoms with Gasteiger partial charge in [0.25, 0.3) is 0 Å². The Balaban J connectivity index is 1.44. The Kier molecular flexibility index (Phi) is 4.26. The molecule has 3 N–H and O–H groups in total. The van der Waals surface area contributed by atoms with Crippen molar-refractivity contribution in [1.82, 2.24) is 19.5 Å². The van der Waals surface area contributed by atoms with Crippen LogP contribution in [0.25, 0.3) is 11.2 Å². The molecule has 3 atom stereocenters. The minimum atomic E-state index is -0.348. The number of benzene rings is 1. The summed E-state index contributed by atoms with van der Waals surface area (Å²) in [5.41, 5.74) is 7.56. The number of imidazole rings is 1. The predicted octanol–water partition coefficient (Wildman–Crippen LogP) is 1.44. The number of aromatic nitrogens is 4. The zero-order valence-electron chi connectivity index (χ0n) is 14.0. The third kappa shape index (κ3) is 2.78. The number of carbonyl (C=O) groups is 1. The van der Waals surface area contributed by atoms with Gasteiger partial charge in [0.1, 0.15) is 11.8 Å². The molecule has 2 aromatic heterocycles. The monoisotopic (exact) mass is 353 g/mol. The van der Waals surface area contributed by atoms with Crippen molar-refractivity contribution in [1.29, 1.82) is 0 Å². The Hall–Kier alpha value is -3.00. The number of hydrogen-bond donors (Lipinski definition) is 2. The van der Waals surface area contributed by atoms with Crippen LogP contribution in [0.3, 0.4) is 0 Å². The third-order valence-corrected chi connectivity index (χ3v) is 5.04. The fourth-order valence-electron chi connectivity index (χ4n) is 3.51. The summed E-state index contributed by atoms with van der Waals surface area (Å²) < 4.78 is 7.34. The minimum absolute atomic E-state index is 0.00153. The summed E-state index contributed by atoms with van der Waals surface area (Å²) in [4.78, 5) is 24.5. The van der Waals surface area contributed by atoms with Crippen molar-refractivity contribution in [3.05, 3.63) is 48.5 Å². The van der Waals surface area contributed by atoms with Crippen LogP contribution < -0.4 is 5.73 Å². The first-order chi connectivity index (χ1) is 12.7. The van der Waals surface area contributed by atoms with Crippen molar-refractivity contribution < 1.29 is 14.6 Å². The number of nitrogens with two attached hydrogens (primary N) is 1. The van der Waals surface area contributed by atoms with Gasteiger partial charge in [-0.25, -0.2) is 19.7 Å². The Labute approximate surface area is 149 Å². The fraction of sp³-hybridized carbons (Fsp3) is 0.333. The van der Waals surface area contributed by atoms with Gasteiger partial charge in [0.05, 0.1) is 18.5 Å². The van der Waals surface area contributed by atoms with Crippen LogP contribution in [-0.2, 0) is 4.74 Å². The highest BCUT2D eigenvalue weighted by Crippen LogP contribution is 2.45. The van der Waals surface area contributed by atoms with Gasteiger partial charge in [-0.15, -0.1) is 0 Å². The van der Waals surface area contributed by atoms with Crippen molar-refractivity contribution >= 4 is 23.0 Å². The lowest BCUT2D eigenvalue weighted by atomic mass is 9.70. The SMILES string of the molecule is Nc1ncnc2c1ncn2[C@@H]1C[C@H](COC(=O)c2ccccc2)[C@H]1CO. The van der Waals surface area contributed by atoms with Crippen LogP contribution in [0.2, 0.25) is 0 Å². The summed E-state index contributed by atoms with van der Waals surface area (Å²) in [5.74, 6) is 0.0442. The van der Waals surface area contributed by atoms with Gasteiger partial charge in [-0.2, -0.15) is 0 Å². The molecule has 1 aromatic carbocycles. The van der Waals surface area contributed by atoms with Crippen molar-refractivity contribution in [2.75, 3.05) is 18.9 Å². The van der Waals surface area contributed by atoms with E-state index in [1.165, 1.54) is 6.33 Å². The van der Waals surface area contributed by atoms with Crippen molar-refractivity contribution in [3.8, 4) is 0 Å². The van der Waals surface area contributed by atoms with Crippen LogP contribution in [0.5, 0.6) is 0 Å². The van der Waals surface area contributed by atoms with Gasteiger partial charge in [0.2, 0.25) is 0 Å². The Morgan fingerprint density at radius 1 is 1.27 bits per heavy atom. The average molecular weight is 353 g/mol. The van der Waals surface area contributed by atoms with E-state index in [9.17, 15) is 9.90 Å². The number of aliphatic hydroxyl groups excluding tert-OH is 1. The summed E-state index contributed by atoms with van der Waals surface area (Å²) in [6.07, 6.45) is 3.85. The lowest BCUT2D eigenvalue weighted by Gasteiger charge is -2.44. The van der Waals surface area contributed by atoms with Crippen LogP contribution in [-0.4, -0.2) is 43.8 Å². The molecule has 8 nitrogen and oxygen atoms in total. The Bertz CT molecular complexity index is 927. The number of nitrogens with zero attached hydrogens (tertiary/aromatic N) is 4. The Morgan fingerprint density at radius 3 is 2.85 bits per heavy atom. The van der Waals surface area contributed by atoms with Gasteiger partial charge in [-0.05, 0) is 18.6 Å². The summed E-state index contributed by atoms with van der Waals surface area (Å²) in [5, 5.41) is 9.80. The maximum absolute atomic E-state index is 12.1. The zero-order valence-corrected chi connectivity index (χ0v) is 14.0. The lowest BCUT2D eigenvalue weighted by molar-refractivity contribution is -0.0205. The molecule has 26 heavy (non-hydrogen) atoms. The van der Waals surface area contributed by atoms with Gasteiger partial charge in [-0.1, -0.05) is 18.2 Å². The average Bonchev–Trinajstić information content (AvgIpc) is 3.07. The van der Waals surface area contributed by atoms with Crippen LogP contribution in [0, 0.1) is 11.8 Å². The van der Waals surface area contributed by atoms with Crippen LogP contribution >= 0.6 is 0 Å². The summed E-state index contributed by atoms with van der Waals surface area (Å²) in [6.45, 7) is 0.275. The number of aliphatic hydroxyl groups is 1. The topological polar surface area (TPSA) is 116 Å². The number of fused-ring (bicyclic) bond motifs is 1. The molecule has 1 saturated carbocycles. The molecule has 1 aliphatic carbocycles. The molecule has 0 saturated heterocycles. The van der Waals surface area contributed by atoms with Crippen LogP contribution in [0.15, 0.2) is 43.0 Å². The fourth-order valence-corrected chi connectivity index (χ4v) is 3.51. The molecule has 0 bridgehead atoms. The van der Waals surface area contributed by atoms with E-state index in [2.05, 4.69) is 15.0 Å². The molecule has 1 fully saturated rings. The predicted molar refractivity (Wildman–Crippen MR) is 94.2 cm³/mol. The normalized spacial score (nSPS) is 22.1. The van der Waals surface area contributed by atoms with E-state index in [1.54, 1.807) is 30.6 Å². The van der Waals surface area contributed by atoms with E-state index in [0.717, 1.165) is 6.42 Å². The molecule has 1 aliphatic rings. The van der Waals surface area contributed by atoms with E-state index in [-0.39, 0.29) is 37.1 Å². The van der Waals surface area contributed by atoms with Crippen molar-refractivity contribution in [2.24, 2.45) is 11.8 Å².